The molecule has 172 valence electrons. The molecular formula is C22H24Cl2N2O4S2. The minimum Gasteiger partial charge on any atom is -0.288 e. The zero-order valence-electron chi connectivity index (χ0n) is 17.3. The molecule has 0 amide bonds. The van der Waals surface area contributed by atoms with E-state index < -0.39 is 19.7 Å². The van der Waals surface area contributed by atoms with E-state index in [0.717, 1.165) is 11.1 Å². The van der Waals surface area contributed by atoms with Crippen LogP contribution in [0.1, 0.15) is 11.1 Å². The second kappa shape index (κ2) is 8.25. The van der Waals surface area contributed by atoms with Crippen molar-refractivity contribution in [2.24, 2.45) is 0 Å². The largest absolute Gasteiger partial charge is 0.288 e. The number of nitrogens with zero attached hydrogens (tertiary/aromatic N) is 2. The van der Waals surface area contributed by atoms with E-state index in [1.165, 1.54) is 0 Å². The van der Waals surface area contributed by atoms with Gasteiger partial charge in [-0.05, 0) is 35.4 Å². The molecule has 2 aromatic carbocycles. The summed E-state index contributed by atoms with van der Waals surface area (Å²) in [5.41, 5.74) is 1.90. The molecule has 6 nitrogen and oxygen atoms in total. The summed E-state index contributed by atoms with van der Waals surface area (Å²) < 4.78 is 50.9. The molecule has 3 aliphatic heterocycles. The normalized spacial score (nSPS) is 31.3. The Balaban J connectivity index is 1.54. The fourth-order valence-electron chi connectivity index (χ4n) is 5.54. The van der Waals surface area contributed by atoms with E-state index in [9.17, 15) is 16.8 Å². The van der Waals surface area contributed by atoms with Crippen molar-refractivity contribution in [2.75, 3.05) is 23.0 Å². The molecule has 3 saturated heterocycles. The van der Waals surface area contributed by atoms with Crippen LogP contribution in [-0.2, 0) is 32.8 Å². The van der Waals surface area contributed by atoms with Gasteiger partial charge in [-0.2, -0.15) is 0 Å². The third-order valence-electron chi connectivity index (χ3n) is 6.80. The van der Waals surface area contributed by atoms with Gasteiger partial charge in [-0.15, -0.1) is 0 Å². The monoisotopic (exact) mass is 514 g/mol. The Hall–Kier alpha value is -1.16. The first-order valence-corrected chi connectivity index (χ1v) is 14.9. The molecule has 3 heterocycles. The number of rotatable bonds is 4. The molecule has 5 rings (SSSR count). The summed E-state index contributed by atoms with van der Waals surface area (Å²) in [6.07, 6.45) is 0. The lowest BCUT2D eigenvalue weighted by atomic mass is 9.93. The molecule has 3 aliphatic rings. The van der Waals surface area contributed by atoms with Crippen LogP contribution in [0.3, 0.4) is 0 Å². The summed E-state index contributed by atoms with van der Waals surface area (Å²) in [6.45, 7) is 0.942. The minimum atomic E-state index is -3.24. The number of piperazine rings is 1. The van der Waals surface area contributed by atoms with Crippen molar-refractivity contribution in [3.63, 3.8) is 0 Å². The molecule has 0 aromatic heterocycles. The second-order valence-electron chi connectivity index (χ2n) is 9.03. The summed E-state index contributed by atoms with van der Waals surface area (Å²) in [5.74, 6) is 0.141. The predicted molar refractivity (Wildman–Crippen MR) is 126 cm³/mol. The van der Waals surface area contributed by atoms with Crippen LogP contribution in [0.15, 0.2) is 48.5 Å². The van der Waals surface area contributed by atoms with Crippen molar-refractivity contribution in [1.29, 1.82) is 0 Å². The van der Waals surface area contributed by atoms with Crippen LogP contribution in [0.4, 0.5) is 0 Å². The summed E-state index contributed by atoms with van der Waals surface area (Å²) in [4.78, 5) is 4.23. The lowest BCUT2D eigenvalue weighted by Crippen LogP contribution is -2.67. The Bertz CT molecular complexity index is 1120. The quantitative estimate of drug-likeness (QED) is 0.624. The SMILES string of the molecule is O=S1(=O)C[C@@H]2[C@H](C1)N(Cc1cccc(Cl)c1)[C@@H]1CS(=O)(=O)C[C@@H]1N2Cc1cccc(Cl)c1. The van der Waals surface area contributed by atoms with Gasteiger partial charge in [0.2, 0.25) is 0 Å². The number of halogens is 2. The van der Waals surface area contributed by atoms with Crippen LogP contribution < -0.4 is 0 Å². The van der Waals surface area contributed by atoms with E-state index >= 15 is 0 Å². The topological polar surface area (TPSA) is 74.8 Å². The third kappa shape index (κ3) is 4.45. The van der Waals surface area contributed by atoms with Crippen LogP contribution in [0.2, 0.25) is 10.0 Å². The van der Waals surface area contributed by atoms with Crippen molar-refractivity contribution in [3.05, 3.63) is 69.7 Å². The van der Waals surface area contributed by atoms with Crippen LogP contribution in [0.5, 0.6) is 0 Å². The minimum absolute atomic E-state index is 0.0353. The van der Waals surface area contributed by atoms with Gasteiger partial charge < -0.3 is 0 Å². The lowest BCUT2D eigenvalue weighted by Gasteiger charge is -2.51. The summed E-state index contributed by atoms with van der Waals surface area (Å²) in [6, 6.07) is 13.8. The van der Waals surface area contributed by atoms with Crippen molar-refractivity contribution >= 4 is 42.9 Å². The average molecular weight is 515 g/mol. The van der Waals surface area contributed by atoms with E-state index in [4.69, 9.17) is 23.2 Å². The van der Waals surface area contributed by atoms with Crippen molar-refractivity contribution in [3.8, 4) is 0 Å². The van der Waals surface area contributed by atoms with E-state index in [1.807, 2.05) is 36.4 Å². The van der Waals surface area contributed by atoms with Gasteiger partial charge in [0, 0.05) is 47.3 Å². The maximum Gasteiger partial charge on any atom is 0.153 e. The fraction of sp³-hybridized carbons (Fsp3) is 0.455. The molecule has 10 heteroatoms. The van der Waals surface area contributed by atoms with Gasteiger partial charge in [-0.1, -0.05) is 47.5 Å². The Labute approximate surface area is 198 Å². The fourth-order valence-corrected chi connectivity index (χ4v) is 9.98. The van der Waals surface area contributed by atoms with E-state index in [1.54, 1.807) is 12.1 Å². The van der Waals surface area contributed by atoms with Gasteiger partial charge in [-0.25, -0.2) is 16.8 Å². The molecule has 0 bridgehead atoms. The summed E-state index contributed by atoms with van der Waals surface area (Å²) in [5, 5.41) is 1.21. The van der Waals surface area contributed by atoms with Gasteiger partial charge in [0.05, 0.1) is 23.0 Å². The first-order chi connectivity index (χ1) is 15.1. The second-order valence-corrected chi connectivity index (χ2v) is 14.2. The van der Waals surface area contributed by atoms with Gasteiger partial charge in [0.15, 0.2) is 19.7 Å². The number of fused-ring (bicyclic) bond motifs is 2. The molecule has 2 aromatic rings. The molecule has 0 saturated carbocycles. The zero-order chi connectivity index (χ0) is 22.7. The highest BCUT2D eigenvalue weighted by atomic mass is 35.5. The first-order valence-electron chi connectivity index (χ1n) is 10.5. The molecular weight excluding hydrogens is 491 g/mol. The predicted octanol–water partition coefficient (Wildman–Crippen LogP) is 2.64. The van der Waals surface area contributed by atoms with Gasteiger partial charge in [0.25, 0.3) is 0 Å². The molecule has 3 fully saturated rings. The number of benzene rings is 2. The van der Waals surface area contributed by atoms with Crippen molar-refractivity contribution in [2.45, 2.75) is 37.3 Å². The standard InChI is InChI=1S/C22H24Cl2N2O4S2/c23-17-5-1-3-15(7-17)9-25-19-11-31(27,28)13-21(19)26(10-16-4-2-6-18(24)8-16)22-14-32(29,30)12-20(22)25/h1-8,19-22H,9-14H2/t19-,20+,21+,22-. The molecule has 0 aliphatic carbocycles. The van der Waals surface area contributed by atoms with Crippen LogP contribution in [0, 0.1) is 0 Å². The van der Waals surface area contributed by atoms with Crippen LogP contribution in [-0.4, -0.2) is 73.8 Å². The molecule has 0 radical (unpaired) electrons. The third-order valence-corrected chi connectivity index (χ3v) is 10.7. The van der Waals surface area contributed by atoms with Crippen molar-refractivity contribution < 1.29 is 16.8 Å². The van der Waals surface area contributed by atoms with E-state index in [0.29, 0.717) is 23.1 Å². The lowest BCUT2D eigenvalue weighted by molar-refractivity contribution is -0.0341. The first kappa shape index (κ1) is 22.6. The molecule has 0 unspecified atom stereocenters. The van der Waals surface area contributed by atoms with Crippen LogP contribution in [0.25, 0.3) is 0 Å². The number of hydrogen-bond donors (Lipinski definition) is 0. The summed E-state index contributed by atoms with van der Waals surface area (Å²) >= 11 is 12.3. The van der Waals surface area contributed by atoms with Gasteiger partial charge in [-0.3, -0.25) is 9.80 Å². The highest BCUT2D eigenvalue weighted by Gasteiger charge is 2.57. The Morgan fingerprint density at radius 3 is 1.31 bits per heavy atom. The molecule has 4 atom stereocenters. The molecule has 32 heavy (non-hydrogen) atoms. The average Bonchev–Trinajstić information content (AvgIpc) is 3.19. The maximum atomic E-state index is 12.7. The van der Waals surface area contributed by atoms with Crippen LogP contribution >= 0.6 is 23.2 Å². The highest BCUT2D eigenvalue weighted by Crippen LogP contribution is 2.39. The number of sulfone groups is 2. The zero-order valence-corrected chi connectivity index (χ0v) is 20.4. The molecule has 0 spiro atoms. The highest BCUT2D eigenvalue weighted by molar-refractivity contribution is 7.92. The maximum absolute atomic E-state index is 12.7. The van der Waals surface area contributed by atoms with Crippen molar-refractivity contribution in [1.82, 2.24) is 9.80 Å². The number of hydrogen-bond acceptors (Lipinski definition) is 6. The Morgan fingerprint density at radius 2 is 1.00 bits per heavy atom. The van der Waals surface area contributed by atoms with Gasteiger partial charge >= 0.3 is 0 Å². The molecule has 0 N–H and O–H groups in total. The smallest absolute Gasteiger partial charge is 0.153 e. The van der Waals surface area contributed by atoms with E-state index in [2.05, 4.69) is 9.80 Å². The summed E-state index contributed by atoms with van der Waals surface area (Å²) in [7, 11) is -6.48. The Kier molecular flexibility index (Phi) is 5.83. The Morgan fingerprint density at radius 1 is 0.656 bits per heavy atom. The van der Waals surface area contributed by atoms with Gasteiger partial charge in [0.1, 0.15) is 0 Å². The van der Waals surface area contributed by atoms with E-state index in [-0.39, 0.29) is 47.2 Å².